The Labute approximate surface area is 163 Å². The highest BCUT2D eigenvalue weighted by Gasteiger charge is 2.37. The maximum atomic E-state index is 12.5. The SMILES string of the molecule is O=C(CCC1NC(=O)N(Cc2ccccc2)C1=O)NC(CO)c1ccccc1. The van der Waals surface area contributed by atoms with E-state index in [0.717, 1.165) is 11.1 Å². The fourth-order valence-electron chi connectivity index (χ4n) is 3.15. The van der Waals surface area contributed by atoms with Crippen molar-refractivity contribution in [2.45, 2.75) is 31.5 Å². The van der Waals surface area contributed by atoms with Crippen LogP contribution in [0, 0.1) is 0 Å². The van der Waals surface area contributed by atoms with Gasteiger partial charge in [0, 0.05) is 6.42 Å². The minimum atomic E-state index is -0.716. The lowest BCUT2D eigenvalue weighted by Crippen LogP contribution is -2.34. The average molecular weight is 381 g/mol. The minimum absolute atomic E-state index is 0.0686. The Hall–Kier alpha value is -3.19. The largest absolute Gasteiger partial charge is 0.394 e. The van der Waals surface area contributed by atoms with Crippen LogP contribution in [0.25, 0.3) is 0 Å². The Morgan fingerprint density at radius 1 is 1.07 bits per heavy atom. The molecule has 2 aromatic rings. The molecule has 0 aliphatic carbocycles. The van der Waals surface area contributed by atoms with E-state index < -0.39 is 18.1 Å². The topological polar surface area (TPSA) is 98.7 Å². The normalized spacial score (nSPS) is 17.3. The smallest absolute Gasteiger partial charge is 0.325 e. The number of amides is 4. The number of benzene rings is 2. The van der Waals surface area contributed by atoms with Crippen molar-refractivity contribution in [1.82, 2.24) is 15.5 Å². The highest BCUT2D eigenvalue weighted by atomic mass is 16.3. The molecule has 1 aliphatic rings. The first-order valence-corrected chi connectivity index (χ1v) is 9.19. The van der Waals surface area contributed by atoms with Crippen LogP contribution in [0.5, 0.6) is 0 Å². The quantitative estimate of drug-likeness (QED) is 0.607. The van der Waals surface area contributed by atoms with Gasteiger partial charge in [-0.3, -0.25) is 14.5 Å². The molecule has 1 heterocycles. The van der Waals surface area contributed by atoms with E-state index in [-0.39, 0.29) is 37.8 Å². The number of hydrogen-bond donors (Lipinski definition) is 3. The van der Waals surface area contributed by atoms with Crippen molar-refractivity contribution < 1.29 is 19.5 Å². The van der Waals surface area contributed by atoms with E-state index >= 15 is 0 Å². The molecule has 3 N–H and O–H groups in total. The Morgan fingerprint density at radius 2 is 1.71 bits per heavy atom. The number of carbonyl (C=O) groups is 3. The maximum absolute atomic E-state index is 12.5. The first kappa shape index (κ1) is 19.6. The molecule has 1 fully saturated rings. The van der Waals surface area contributed by atoms with Gasteiger partial charge in [0.25, 0.3) is 5.91 Å². The van der Waals surface area contributed by atoms with Crippen LogP contribution >= 0.6 is 0 Å². The van der Waals surface area contributed by atoms with E-state index in [0.29, 0.717) is 0 Å². The molecule has 0 bridgehead atoms. The second-order valence-corrected chi connectivity index (χ2v) is 6.66. The molecule has 1 aliphatic heterocycles. The third-order valence-electron chi connectivity index (χ3n) is 4.67. The van der Waals surface area contributed by atoms with Crippen molar-refractivity contribution in [3.63, 3.8) is 0 Å². The van der Waals surface area contributed by atoms with Crippen molar-refractivity contribution >= 4 is 17.8 Å². The molecule has 3 rings (SSSR count). The van der Waals surface area contributed by atoms with Crippen molar-refractivity contribution in [2.24, 2.45) is 0 Å². The summed E-state index contributed by atoms with van der Waals surface area (Å²) >= 11 is 0. The number of aliphatic hydroxyl groups is 1. The fourth-order valence-corrected chi connectivity index (χ4v) is 3.15. The molecule has 0 radical (unpaired) electrons. The van der Waals surface area contributed by atoms with Gasteiger partial charge in [0.05, 0.1) is 19.2 Å². The van der Waals surface area contributed by atoms with Gasteiger partial charge in [-0.25, -0.2) is 4.79 Å². The molecule has 2 unspecified atom stereocenters. The molecule has 0 aromatic heterocycles. The molecule has 2 aromatic carbocycles. The fraction of sp³-hybridized carbons (Fsp3) is 0.286. The molecule has 0 spiro atoms. The van der Waals surface area contributed by atoms with Crippen LogP contribution in [-0.4, -0.2) is 40.5 Å². The molecule has 146 valence electrons. The summed E-state index contributed by atoms with van der Waals surface area (Å²) in [5.74, 6) is -0.616. The number of nitrogens with zero attached hydrogens (tertiary/aromatic N) is 1. The highest BCUT2D eigenvalue weighted by Crippen LogP contribution is 2.16. The standard InChI is InChI=1S/C21H23N3O4/c25-14-18(16-9-5-2-6-10-16)22-19(26)12-11-17-20(27)24(21(28)23-17)13-15-7-3-1-4-8-15/h1-10,17-18,25H,11-14H2,(H,22,26)(H,23,28). The first-order chi connectivity index (χ1) is 13.6. The number of aliphatic hydroxyl groups excluding tert-OH is 1. The molecule has 2 atom stereocenters. The number of urea groups is 1. The molecule has 7 nitrogen and oxygen atoms in total. The van der Waals surface area contributed by atoms with Gasteiger partial charge in [-0.15, -0.1) is 0 Å². The summed E-state index contributed by atoms with van der Waals surface area (Å²) in [6.07, 6.45) is 0.272. The lowest BCUT2D eigenvalue weighted by Gasteiger charge is -2.17. The minimum Gasteiger partial charge on any atom is -0.394 e. The van der Waals surface area contributed by atoms with Crippen LogP contribution in [0.15, 0.2) is 60.7 Å². The van der Waals surface area contributed by atoms with Gasteiger partial charge < -0.3 is 15.7 Å². The van der Waals surface area contributed by atoms with Crippen LogP contribution in [0.4, 0.5) is 4.79 Å². The summed E-state index contributed by atoms with van der Waals surface area (Å²) in [5.41, 5.74) is 1.66. The predicted octanol–water partition coefficient (Wildman–Crippen LogP) is 1.74. The third-order valence-corrected chi connectivity index (χ3v) is 4.67. The Balaban J connectivity index is 1.52. The summed E-state index contributed by atoms with van der Waals surface area (Å²) in [6.45, 7) is -0.0193. The van der Waals surface area contributed by atoms with E-state index in [4.69, 9.17) is 0 Å². The van der Waals surface area contributed by atoms with Crippen molar-refractivity contribution in [3.8, 4) is 0 Å². The molecular formula is C21H23N3O4. The van der Waals surface area contributed by atoms with Gasteiger partial charge in [-0.2, -0.15) is 0 Å². The van der Waals surface area contributed by atoms with Gasteiger partial charge in [0.1, 0.15) is 6.04 Å². The van der Waals surface area contributed by atoms with Crippen LogP contribution < -0.4 is 10.6 Å². The maximum Gasteiger partial charge on any atom is 0.325 e. The monoisotopic (exact) mass is 381 g/mol. The summed E-state index contributed by atoms with van der Waals surface area (Å²) in [7, 11) is 0. The number of rotatable bonds is 8. The van der Waals surface area contributed by atoms with E-state index in [1.54, 1.807) is 0 Å². The number of carbonyl (C=O) groups excluding carboxylic acids is 3. The lowest BCUT2D eigenvalue weighted by atomic mass is 10.1. The van der Waals surface area contributed by atoms with E-state index in [9.17, 15) is 19.5 Å². The van der Waals surface area contributed by atoms with Crippen LogP contribution in [0.3, 0.4) is 0 Å². The first-order valence-electron chi connectivity index (χ1n) is 9.19. The molecule has 0 saturated carbocycles. The molecule has 1 saturated heterocycles. The zero-order chi connectivity index (χ0) is 19.9. The predicted molar refractivity (Wildman–Crippen MR) is 103 cm³/mol. The van der Waals surface area contributed by atoms with E-state index in [1.165, 1.54) is 4.90 Å². The van der Waals surface area contributed by atoms with Crippen molar-refractivity contribution in [1.29, 1.82) is 0 Å². The van der Waals surface area contributed by atoms with Gasteiger partial charge in [0.2, 0.25) is 5.91 Å². The Morgan fingerprint density at radius 3 is 2.36 bits per heavy atom. The van der Waals surface area contributed by atoms with Gasteiger partial charge in [-0.05, 0) is 17.5 Å². The highest BCUT2D eigenvalue weighted by molar-refractivity contribution is 6.04. The third kappa shape index (κ3) is 4.75. The zero-order valence-electron chi connectivity index (χ0n) is 15.4. The summed E-state index contributed by atoms with van der Waals surface area (Å²) in [5, 5.41) is 14.9. The lowest BCUT2D eigenvalue weighted by molar-refractivity contribution is -0.128. The zero-order valence-corrected chi connectivity index (χ0v) is 15.4. The Bertz CT molecular complexity index is 826. The van der Waals surface area contributed by atoms with Gasteiger partial charge in [-0.1, -0.05) is 60.7 Å². The van der Waals surface area contributed by atoms with Gasteiger partial charge >= 0.3 is 6.03 Å². The Kier molecular flexibility index (Phi) is 6.39. The van der Waals surface area contributed by atoms with E-state index in [1.807, 2.05) is 60.7 Å². The number of hydrogen-bond acceptors (Lipinski definition) is 4. The van der Waals surface area contributed by atoms with Gasteiger partial charge in [0.15, 0.2) is 0 Å². The van der Waals surface area contributed by atoms with E-state index in [2.05, 4.69) is 10.6 Å². The average Bonchev–Trinajstić information content (AvgIpc) is 2.99. The summed E-state index contributed by atoms with van der Waals surface area (Å²) in [6, 6.07) is 16.8. The number of nitrogens with one attached hydrogen (secondary N) is 2. The summed E-state index contributed by atoms with van der Waals surface area (Å²) in [4.78, 5) is 38.0. The van der Waals surface area contributed by atoms with Crippen LogP contribution in [0.2, 0.25) is 0 Å². The van der Waals surface area contributed by atoms with Crippen LogP contribution in [0.1, 0.15) is 30.0 Å². The number of imide groups is 1. The van der Waals surface area contributed by atoms with Crippen molar-refractivity contribution in [2.75, 3.05) is 6.61 Å². The van der Waals surface area contributed by atoms with Crippen LogP contribution in [-0.2, 0) is 16.1 Å². The summed E-state index contributed by atoms with van der Waals surface area (Å²) < 4.78 is 0. The second kappa shape index (κ2) is 9.14. The molecule has 7 heteroatoms. The second-order valence-electron chi connectivity index (χ2n) is 6.66. The van der Waals surface area contributed by atoms with Crippen molar-refractivity contribution in [3.05, 3.63) is 71.8 Å². The molecular weight excluding hydrogens is 358 g/mol. The molecule has 4 amide bonds. The molecule has 28 heavy (non-hydrogen) atoms.